The summed E-state index contributed by atoms with van der Waals surface area (Å²) in [6.07, 6.45) is -4.03. The smallest absolute Gasteiger partial charge is 0.368 e. The molecule has 2 aromatic rings. The summed E-state index contributed by atoms with van der Waals surface area (Å²) >= 11 is 3.37. The van der Waals surface area contributed by atoms with E-state index in [1.54, 1.807) is 17.0 Å². The Hall–Kier alpha value is -2.37. The van der Waals surface area contributed by atoms with Gasteiger partial charge in [0.15, 0.2) is 0 Å². The van der Waals surface area contributed by atoms with E-state index >= 15 is 0 Å². The summed E-state index contributed by atoms with van der Waals surface area (Å²) in [5, 5.41) is 9.44. The molecule has 1 amide bonds. The van der Waals surface area contributed by atoms with Crippen LogP contribution in [0.3, 0.4) is 0 Å². The SMILES string of the molecule is CC(C)C[C@@H](C(N)=O)N(CC#N)[C@@H](c1ccc(Br)cc1)c1ccc(C(F)(F)F)cc1. The normalized spacial score (nSPS) is 13.8. The van der Waals surface area contributed by atoms with Gasteiger partial charge < -0.3 is 5.73 Å². The molecule has 160 valence electrons. The molecule has 0 fully saturated rings. The third-order valence-electron chi connectivity index (χ3n) is 4.75. The molecule has 0 bridgehead atoms. The number of nitrogens with two attached hydrogens (primary N) is 1. The Morgan fingerprint density at radius 2 is 1.60 bits per heavy atom. The van der Waals surface area contributed by atoms with E-state index in [4.69, 9.17) is 5.73 Å². The molecule has 0 radical (unpaired) electrons. The van der Waals surface area contributed by atoms with Crippen molar-refractivity contribution in [2.45, 2.75) is 38.5 Å². The highest BCUT2D eigenvalue weighted by atomic mass is 79.9. The second-order valence-corrected chi connectivity index (χ2v) is 8.37. The van der Waals surface area contributed by atoms with E-state index in [1.807, 2.05) is 26.0 Å². The van der Waals surface area contributed by atoms with E-state index in [1.165, 1.54) is 12.1 Å². The van der Waals surface area contributed by atoms with E-state index in [9.17, 15) is 23.2 Å². The Bertz CT molecular complexity index is 890. The van der Waals surface area contributed by atoms with Crippen LogP contribution < -0.4 is 5.73 Å². The van der Waals surface area contributed by atoms with E-state index < -0.39 is 29.7 Å². The molecule has 0 spiro atoms. The van der Waals surface area contributed by atoms with Gasteiger partial charge in [0.25, 0.3) is 0 Å². The van der Waals surface area contributed by atoms with Crippen molar-refractivity contribution in [1.29, 1.82) is 5.26 Å². The van der Waals surface area contributed by atoms with Crippen molar-refractivity contribution in [3.05, 3.63) is 69.7 Å². The summed E-state index contributed by atoms with van der Waals surface area (Å²) in [6, 6.07) is 12.7. The molecule has 30 heavy (non-hydrogen) atoms. The first-order valence-corrected chi connectivity index (χ1v) is 10.2. The average molecular weight is 482 g/mol. The minimum atomic E-state index is -4.45. The Morgan fingerprint density at radius 3 is 2.00 bits per heavy atom. The predicted octanol–water partition coefficient (Wildman–Crippen LogP) is 5.28. The number of benzene rings is 2. The van der Waals surface area contributed by atoms with Gasteiger partial charge in [0.2, 0.25) is 5.91 Å². The lowest BCUT2D eigenvalue weighted by Gasteiger charge is -2.36. The van der Waals surface area contributed by atoms with Gasteiger partial charge in [-0.25, -0.2) is 0 Å². The number of rotatable bonds is 8. The molecule has 2 atom stereocenters. The van der Waals surface area contributed by atoms with Crippen LogP contribution in [0.15, 0.2) is 53.0 Å². The van der Waals surface area contributed by atoms with E-state index in [2.05, 4.69) is 22.0 Å². The molecule has 8 heteroatoms. The fourth-order valence-electron chi connectivity index (χ4n) is 3.40. The van der Waals surface area contributed by atoms with Crippen LogP contribution in [0, 0.1) is 17.2 Å². The second-order valence-electron chi connectivity index (χ2n) is 7.45. The zero-order chi connectivity index (χ0) is 22.5. The standard InChI is InChI=1S/C22H23BrF3N3O/c1-14(2)13-19(21(28)30)29(12-11-27)20(16-5-9-18(23)10-6-16)15-3-7-17(8-4-15)22(24,25)26/h3-10,14,19-20H,12-13H2,1-2H3,(H2,28,30)/t19-,20+/m0/s1. The fourth-order valence-corrected chi connectivity index (χ4v) is 3.66. The molecule has 0 aliphatic heterocycles. The topological polar surface area (TPSA) is 70.1 Å². The van der Waals surface area contributed by atoms with Gasteiger partial charge >= 0.3 is 6.18 Å². The van der Waals surface area contributed by atoms with Gasteiger partial charge in [-0.15, -0.1) is 0 Å². The Labute approximate surface area is 182 Å². The van der Waals surface area contributed by atoms with Gasteiger partial charge in [-0.3, -0.25) is 9.69 Å². The summed E-state index contributed by atoms with van der Waals surface area (Å²) in [5.41, 5.74) is 6.18. The van der Waals surface area contributed by atoms with Gasteiger partial charge in [-0.1, -0.05) is 54.0 Å². The first-order valence-electron chi connectivity index (χ1n) is 9.39. The van der Waals surface area contributed by atoms with Crippen LogP contribution in [0.2, 0.25) is 0 Å². The number of primary amides is 1. The molecule has 0 saturated carbocycles. The number of nitrogens with zero attached hydrogens (tertiary/aromatic N) is 2. The molecule has 0 unspecified atom stereocenters. The van der Waals surface area contributed by atoms with Crippen LogP contribution in [0.5, 0.6) is 0 Å². The zero-order valence-corrected chi connectivity index (χ0v) is 18.2. The highest BCUT2D eigenvalue weighted by molar-refractivity contribution is 9.10. The Morgan fingerprint density at radius 1 is 1.10 bits per heavy atom. The van der Waals surface area contributed by atoms with Gasteiger partial charge in [-0.05, 0) is 47.7 Å². The van der Waals surface area contributed by atoms with Crippen LogP contribution >= 0.6 is 15.9 Å². The first kappa shape index (κ1) is 23.9. The monoisotopic (exact) mass is 481 g/mol. The van der Waals surface area contributed by atoms with Crippen LogP contribution in [-0.4, -0.2) is 23.4 Å². The van der Waals surface area contributed by atoms with Crippen LogP contribution in [-0.2, 0) is 11.0 Å². The van der Waals surface area contributed by atoms with Crippen LogP contribution in [0.25, 0.3) is 0 Å². The van der Waals surface area contributed by atoms with Crippen molar-refractivity contribution in [2.75, 3.05) is 6.54 Å². The minimum absolute atomic E-state index is 0.109. The minimum Gasteiger partial charge on any atom is -0.368 e. The summed E-state index contributed by atoms with van der Waals surface area (Å²) < 4.78 is 39.9. The second kappa shape index (κ2) is 10.1. The number of halogens is 4. The number of carbonyl (C=O) groups is 1. The van der Waals surface area contributed by atoms with Crippen LogP contribution in [0.4, 0.5) is 13.2 Å². The van der Waals surface area contributed by atoms with Crippen molar-refractivity contribution in [1.82, 2.24) is 4.90 Å². The molecule has 0 aliphatic carbocycles. The number of carbonyl (C=O) groups excluding carboxylic acids is 1. The van der Waals surface area contributed by atoms with Gasteiger partial charge in [0.1, 0.15) is 0 Å². The molecular weight excluding hydrogens is 459 g/mol. The lowest BCUT2D eigenvalue weighted by molar-refractivity contribution is -0.137. The maximum Gasteiger partial charge on any atom is 0.416 e. The summed E-state index contributed by atoms with van der Waals surface area (Å²) in [4.78, 5) is 13.9. The number of hydrogen-bond donors (Lipinski definition) is 1. The number of amides is 1. The Balaban J connectivity index is 2.62. The maximum atomic E-state index is 13.0. The van der Waals surface area contributed by atoms with E-state index in [0.717, 1.165) is 22.2 Å². The third kappa shape index (κ3) is 6.07. The van der Waals surface area contributed by atoms with E-state index in [0.29, 0.717) is 12.0 Å². The molecule has 0 saturated heterocycles. The molecule has 0 aromatic heterocycles. The van der Waals surface area contributed by atoms with Crippen molar-refractivity contribution < 1.29 is 18.0 Å². The summed E-state index contributed by atoms with van der Waals surface area (Å²) in [5.74, 6) is -0.449. The molecule has 2 aromatic carbocycles. The van der Waals surface area contributed by atoms with Crippen molar-refractivity contribution in [3.8, 4) is 6.07 Å². The summed E-state index contributed by atoms with van der Waals surface area (Å²) in [7, 11) is 0. The summed E-state index contributed by atoms with van der Waals surface area (Å²) in [6.45, 7) is 3.77. The Kier molecular flexibility index (Phi) is 8.04. The lowest BCUT2D eigenvalue weighted by Crippen LogP contribution is -2.47. The molecule has 2 rings (SSSR count). The predicted molar refractivity (Wildman–Crippen MR) is 112 cm³/mol. The van der Waals surface area contributed by atoms with Gasteiger partial charge in [0.05, 0.1) is 30.3 Å². The van der Waals surface area contributed by atoms with Crippen molar-refractivity contribution in [3.63, 3.8) is 0 Å². The maximum absolute atomic E-state index is 13.0. The lowest BCUT2D eigenvalue weighted by atomic mass is 9.92. The molecular formula is C22H23BrF3N3O. The number of hydrogen-bond acceptors (Lipinski definition) is 3. The highest BCUT2D eigenvalue weighted by Gasteiger charge is 2.34. The number of nitriles is 1. The molecule has 0 heterocycles. The first-order chi connectivity index (χ1) is 14.0. The molecule has 2 N–H and O–H groups in total. The quantitative estimate of drug-likeness (QED) is 0.521. The molecule has 4 nitrogen and oxygen atoms in total. The fraction of sp³-hybridized carbons (Fsp3) is 0.364. The van der Waals surface area contributed by atoms with Gasteiger partial charge in [-0.2, -0.15) is 18.4 Å². The molecule has 0 aliphatic rings. The zero-order valence-electron chi connectivity index (χ0n) is 16.7. The highest BCUT2D eigenvalue weighted by Crippen LogP contribution is 2.35. The van der Waals surface area contributed by atoms with Gasteiger partial charge in [0, 0.05) is 4.47 Å². The number of alkyl halides is 3. The van der Waals surface area contributed by atoms with E-state index in [-0.39, 0.29) is 12.5 Å². The third-order valence-corrected chi connectivity index (χ3v) is 5.28. The van der Waals surface area contributed by atoms with Crippen LogP contribution in [0.1, 0.15) is 43.0 Å². The average Bonchev–Trinajstić information content (AvgIpc) is 2.66. The van der Waals surface area contributed by atoms with Crippen molar-refractivity contribution >= 4 is 21.8 Å². The largest absolute Gasteiger partial charge is 0.416 e. The van der Waals surface area contributed by atoms with Crippen molar-refractivity contribution in [2.24, 2.45) is 11.7 Å².